The topological polar surface area (TPSA) is 84.9 Å². The molecule has 1 N–H and O–H groups in total. The Morgan fingerprint density at radius 1 is 1.13 bits per heavy atom. The fourth-order valence-electron chi connectivity index (χ4n) is 2.25. The van der Waals surface area contributed by atoms with E-state index in [4.69, 9.17) is 9.47 Å². The van der Waals surface area contributed by atoms with Crippen LogP contribution < -0.4 is 10.1 Å². The van der Waals surface area contributed by atoms with Crippen molar-refractivity contribution in [2.45, 2.75) is 12.8 Å². The van der Waals surface area contributed by atoms with E-state index in [9.17, 15) is 14.4 Å². The van der Waals surface area contributed by atoms with Crippen LogP contribution in [0.5, 0.6) is 5.75 Å². The van der Waals surface area contributed by atoms with Crippen LogP contribution in [0.2, 0.25) is 0 Å². The van der Waals surface area contributed by atoms with Gasteiger partial charge in [0, 0.05) is 18.7 Å². The molecule has 124 valence electrons. The van der Waals surface area contributed by atoms with Crippen molar-refractivity contribution in [1.82, 2.24) is 10.2 Å². The summed E-state index contributed by atoms with van der Waals surface area (Å²) < 4.78 is 9.88. The summed E-state index contributed by atoms with van der Waals surface area (Å²) in [6.45, 7) is 0.866. The standard InChI is InChI=1S/C16H20N2O5/c1-22-13-6-4-12(5-7-13)16(21)17-10-15(20)23-11-14(19)18-8-2-3-9-18/h4-7H,2-3,8-11H2,1H3,(H,17,21). The van der Waals surface area contributed by atoms with Crippen molar-refractivity contribution in [2.24, 2.45) is 0 Å². The second-order valence-corrected chi connectivity index (χ2v) is 5.16. The minimum Gasteiger partial charge on any atom is -0.497 e. The minimum atomic E-state index is -0.639. The molecule has 0 atom stereocenters. The lowest BCUT2D eigenvalue weighted by molar-refractivity contribution is -0.150. The van der Waals surface area contributed by atoms with Gasteiger partial charge in [-0.1, -0.05) is 0 Å². The molecule has 1 aromatic rings. The molecular formula is C16H20N2O5. The number of rotatable bonds is 6. The van der Waals surface area contributed by atoms with Gasteiger partial charge in [0.05, 0.1) is 7.11 Å². The van der Waals surface area contributed by atoms with Crippen molar-refractivity contribution in [2.75, 3.05) is 33.4 Å². The Morgan fingerprint density at radius 2 is 1.78 bits per heavy atom. The molecule has 2 amide bonds. The maximum absolute atomic E-state index is 11.9. The molecule has 1 fully saturated rings. The number of nitrogens with zero attached hydrogens (tertiary/aromatic N) is 1. The van der Waals surface area contributed by atoms with Gasteiger partial charge in [0.25, 0.3) is 11.8 Å². The molecule has 23 heavy (non-hydrogen) atoms. The molecule has 7 nitrogen and oxygen atoms in total. The molecule has 0 unspecified atom stereocenters. The maximum atomic E-state index is 11.9. The van der Waals surface area contributed by atoms with Crippen molar-refractivity contribution in [1.29, 1.82) is 0 Å². The molecule has 1 aliphatic heterocycles. The lowest BCUT2D eigenvalue weighted by Crippen LogP contribution is -2.35. The average molecular weight is 320 g/mol. The van der Waals surface area contributed by atoms with Crippen LogP contribution in [0, 0.1) is 0 Å². The third-order valence-electron chi connectivity index (χ3n) is 3.56. The second kappa shape index (κ2) is 8.17. The van der Waals surface area contributed by atoms with Gasteiger partial charge in [-0.2, -0.15) is 0 Å². The van der Waals surface area contributed by atoms with Crippen LogP contribution in [-0.2, 0) is 14.3 Å². The summed E-state index contributed by atoms with van der Waals surface area (Å²) in [6.07, 6.45) is 1.97. The Morgan fingerprint density at radius 3 is 2.39 bits per heavy atom. The summed E-state index contributed by atoms with van der Waals surface area (Å²) in [5.74, 6) is -0.589. The first kappa shape index (κ1) is 16.8. The lowest BCUT2D eigenvalue weighted by Gasteiger charge is -2.15. The number of nitrogens with one attached hydrogen (secondary N) is 1. The monoisotopic (exact) mass is 320 g/mol. The predicted molar refractivity (Wildman–Crippen MR) is 82.1 cm³/mol. The molecule has 1 saturated heterocycles. The van der Waals surface area contributed by atoms with Gasteiger partial charge in [-0.15, -0.1) is 0 Å². The smallest absolute Gasteiger partial charge is 0.325 e. The SMILES string of the molecule is COc1ccc(C(=O)NCC(=O)OCC(=O)N2CCCC2)cc1. The van der Waals surface area contributed by atoms with E-state index in [1.54, 1.807) is 29.2 Å². The number of hydrogen-bond acceptors (Lipinski definition) is 5. The number of carbonyl (C=O) groups excluding carboxylic acids is 3. The number of carbonyl (C=O) groups is 3. The van der Waals surface area contributed by atoms with Gasteiger partial charge < -0.3 is 19.7 Å². The van der Waals surface area contributed by atoms with Crippen molar-refractivity contribution >= 4 is 17.8 Å². The van der Waals surface area contributed by atoms with Gasteiger partial charge in [0.2, 0.25) is 0 Å². The van der Waals surface area contributed by atoms with E-state index < -0.39 is 11.9 Å². The minimum absolute atomic E-state index is 0.197. The number of ether oxygens (including phenoxy) is 2. The van der Waals surface area contributed by atoms with Gasteiger partial charge in [-0.05, 0) is 37.1 Å². The zero-order chi connectivity index (χ0) is 16.7. The Balaban J connectivity index is 1.70. The third kappa shape index (κ3) is 4.98. The third-order valence-corrected chi connectivity index (χ3v) is 3.56. The first-order valence-corrected chi connectivity index (χ1v) is 7.46. The van der Waals surface area contributed by atoms with Gasteiger partial charge in [-0.3, -0.25) is 14.4 Å². The summed E-state index contributed by atoms with van der Waals surface area (Å²) in [5, 5.41) is 2.45. The van der Waals surface area contributed by atoms with Crippen LogP contribution >= 0.6 is 0 Å². The van der Waals surface area contributed by atoms with Crippen LogP contribution in [-0.4, -0.2) is 56.0 Å². The van der Waals surface area contributed by atoms with E-state index in [2.05, 4.69) is 5.32 Å². The Bertz CT molecular complexity index is 564. The molecule has 0 saturated carbocycles. The van der Waals surface area contributed by atoms with Crippen LogP contribution in [0.4, 0.5) is 0 Å². The average Bonchev–Trinajstić information content (AvgIpc) is 3.12. The van der Waals surface area contributed by atoms with Crippen molar-refractivity contribution in [3.63, 3.8) is 0 Å². The van der Waals surface area contributed by atoms with Crippen LogP contribution in [0.25, 0.3) is 0 Å². The van der Waals surface area contributed by atoms with Gasteiger partial charge in [-0.25, -0.2) is 0 Å². The molecule has 0 aromatic heterocycles. The number of benzene rings is 1. The molecule has 2 rings (SSSR count). The van der Waals surface area contributed by atoms with Gasteiger partial charge in [0.1, 0.15) is 12.3 Å². The quantitative estimate of drug-likeness (QED) is 0.776. The summed E-state index contributed by atoms with van der Waals surface area (Å²) in [4.78, 5) is 36.8. The highest BCUT2D eigenvalue weighted by atomic mass is 16.5. The largest absolute Gasteiger partial charge is 0.497 e. The normalized spacial score (nSPS) is 13.5. The Labute approximate surface area is 134 Å². The summed E-state index contributed by atoms with van der Waals surface area (Å²) in [7, 11) is 1.54. The van der Waals surface area contributed by atoms with Crippen LogP contribution in [0.3, 0.4) is 0 Å². The summed E-state index contributed by atoms with van der Waals surface area (Å²) in [5.41, 5.74) is 0.409. The lowest BCUT2D eigenvalue weighted by atomic mass is 10.2. The zero-order valence-electron chi connectivity index (χ0n) is 13.0. The molecule has 0 spiro atoms. The summed E-state index contributed by atoms with van der Waals surface area (Å²) in [6, 6.07) is 6.50. The second-order valence-electron chi connectivity index (χ2n) is 5.16. The molecule has 0 bridgehead atoms. The predicted octanol–water partition coefficient (Wildman–Crippen LogP) is 0.591. The molecule has 1 aromatic carbocycles. The highest BCUT2D eigenvalue weighted by molar-refractivity contribution is 5.96. The van der Waals surface area contributed by atoms with E-state index in [0.717, 1.165) is 12.8 Å². The molecule has 0 radical (unpaired) electrons. The van der Waals surface area contributed by atoms with E-state index in [-0.39, 0.29) is 19.1 Å². The molecule has 0 aliphatic carbocycles. The summed E-state index contributed by atoms with van der Waals surface area (Å²) >= 11 is 0. The number of esters is 1. The van der Waals surface area contributed by atoms with Crippen LogP contribution in [0.15, 0.2) is 24.3 Å². The Kier molecular flexibility index (Phi) is 5.96. The first-order valence-electron chi connectivity index (χ1n) is 7.46. The number of amides is 2. The Hall–Kier alpha value is -2.57. The highest BCUT2D eigenvalue weighted by Crippen LogP contribution is 2.11. The number of hydrogen-bond donors (Lipinski definition) is 1. The zero-order valence-corrected chi connectivity index (χ0v) is 13.0. The fourth-order valence-corrected chi connectivity index (χ4v) is 2.25. The van der Waals surface area contributed by atoms with Crippen molar-refractivity contribution in [3.05, 3.63) is 29.8 Å². The molecule has 1 heterocycles. The molecule has 1 aliphatic rings. The highest BCUT2D eigenvalue weighted by Gasteiger charge is 2.19. The van der Waals surface area contributed by atoms with E-state index in [0.29, 0.717) is 24.4 Å². The number of likely N-dealkylation sites (tertiary alicyclic amines) is 1. The van der Waals surface area contributed by atoms with Crippen molar-refractivity contribution in [3.8, 4) is 5.75 Å². The fraction of sp³-hybridized carbons (Fsp3) is 0.438. The molecule has 7 heteroatoms. The maximum Gasteiger partial charge on any atom is 0.325 e. The van der Waals surface area contributed by atoms with Crippen molar-refractivity contribution < 1.29 is 23.9 Å². The first-order chi connectivity index (χ1) is 11.1. The van der Waals surface area contributed by atoms with Crippen LogP contribution in [0.1, 0.15) is 23.2 Å². The number of methoxy groups -OCH3 is 1. The van der Waals surface area contributed by atoms with Gasteiger partial charge in [0.15, 0.2) is 6.61 Å². The van der Waals surface area contributed by atoms with Gasteiger partial charge >= 0.3 is 5.97 Å². The van der Waals surface area contributed by atoms with E-state index in [1.165, 1.54) is 7.11 Å². The van der Waals surface area contributed by atoms with E-state index in [1.807, 2.05) is 0 Å². The van der Waals surface area contributed by atoms with E-state index >= 15 is 0 Å². The molecular weight excluding hydrogens is 300 g/mol.